The number of quaternary nitrogens is 1. The molecule has 0 amide bonds. The van der Waals surface area contributed by atoms with Crippen molar-refractivity contribution in [1.82, 2.24) is 0 Å². The maximum absolute atomic E-state index is 2.41. The second-order valence-electron chi connectivity index (χ2n) is 10.8. The molecule has 42 heavy (non-hydrogen) atoms. The molecule has 5 aromatic carbocycles. The minimum Gasteiger partial charge on any atom is -0.367 e. The summed E-state index contributed by atoms with van der Waals surface area (Å²) < 4.78 is 0. The molecule has 0 radical (unpaired) electrons. The van der Waals surface area contributed by atoms with Gasteiger partial charge in [-0.05, 0) is 73.5 Å². The molecule has 0 bridgehead atoms. The minimum atomic E-state index is 0.914. The van der Waals surface area contributed by atoms with Gasteiger partial charge in [0.2, 0.25) is 0 Å². The fourth-order valence-electron chi connectivity index (χ4n) is 5.44. The van der Waals surface area contributed by atoms with Gasteiger partial charge >= 0.3 is 0 Å². The second kappa shape index (κ2) is 13.9. The molecule has 0 saturated carbocycles. The summed E-state index contributed by atoms with van der Waals surface area (Å²) in [6, 6.07) is 48.1. The summed E-state index contributed by atoms with van der Waals surface area (Å²) in [6.07, 6.45) is 0. The van der Waals surface area contributed by atoms with Crippen molar-refractivity contribution in [3.8, 4) is 0 Å². The van der Waals surface area contributed by atoms with Crippen LogP contribution < -0.4 is 19.6 Å². The van der Waals surface area contributed by atoms with Crippen molar-refractivity contribution >= 4 is 34.1 Å². The van der Waals surface area contributed by atoms with E-state index in [2.05, 4.69) is 176 Å². The zero-order valence-electron chi connectivity index (χ0n) is 25.4. The van der Waals surface area contributed by atoms with E-state index in [0.29, 0.717) is 0 Å². The summed E-state index contributed by atoms with van der Waals surface area (Å²) in [6.45, 7) is 8.20. The van der Waals surface area contributed by atoms with E-state index in [9.17, 15) is 0 Å². The van der Waals surface area contributed by atoms with E-state index in [-0.39, 0.29) is 0 Å². The highest BCUT2D eigenvalue weighted by atomic mass is 15.1. The van der Waals surface area contributed by atoms with Crippen molar-refractivity contribution in [2.45, 2.75) is 26.9 Å². The van der Waals surface area contributed by atoms with E-state index in [1.54, 1.807) is 0 Å². The van der Waals surface area contributed by atoms with E-state index < -0.39 is 0 Å². The molecule has 4 nitrogen and oxygen atoms in total. The van der Waals surface area contributed by atoms with Gasteiger partial charge in [0.1, 0.15) is 11.4 Å². The zero-order valence-corrected chi connectivity index (χ0v) is 25.4. The highest BCUT2D eigenvalue weighted by Gasteiger charge is 2.14. The lowest BCUT2D eigenvalue weighted by atomic mass is 10.1. The van der Waals surface area contributed by atoms with Crippen LogP contribution in [0.4, 0.5) is 34.1 Å². The van der Waals surface area contributed by atoms with Crippen LogP contribution in [0.1, 0.15) is 25.0 Å². The second-order valence-corrected chi connectivity index (χ2v) is 10.8. The van der Waals surface area contributed by atoms with Crippen molar-refractivity contribution in [2.75, 3.05) is 41.9 Å². The van der Waals surface area contributed by atoms with E-state index >= 15 is 0 Å². The summed E-state index contributed by atoms with van der Waals surface area (Å²) in [4.78, 5) is 8.35. The Balaban J connectivity index is 1.22. The van der Waals surface area contributed by atoms with Gasteiger partial charge in [-0.25, -0.2) is 0 Å². The molecular weight excluding hydrogens is 512 g/mol. The van der Waals surface area contributed by atoms with Gasteiger partial charge in [0.05, 0.1) is 7.05 Å². The third kappa shape index (κ3) is 7.02. The largest absolute Gasteiger partial charge is 0.367 e. The number of anilines is 4. The lowest BCUT2D eigenvalue weighted by molar-refractivity contribution is -0.735. The average Bonchev–Trinajstić information content (AvgIpc) is 3.06. The smallest absolute Gasteiger partial charge is 0.136 e. The van der Waals surface area contributed by atoms with Crippen molar-refractivity contribution in [3.05, 3.63) is 145 Å². The summed E-state index contributed by atoms with van der Waals surface area (Å²) in [5.74, 6) is 0. The molecule has 0 fully saturated rings. The number of hydrogen-bond donors (Lipinski definition) is 1. The lowest BCUT2D eigenvalue weighted by Crippen LogP contribution is -2.98. The Kier molecular flexibility index (Phi) is 9.58. The Morgan fingerprint density at radius 1 is 0.452 bits per heavy atom. The highest BCUT2D eigenvalue weighted by molar-refractivity contribution is 5.66. The van der Waals surface area contributed by atoms with Crippen molar-refractivity contribution in [3.63, 3.8) is 0 Å². The van der Waals surface area contributed by atoms with E-state index in [1.807, 2.05) is 0 Å². The molecule has 5 rings (SSSR count). The first-order valence-corrected chi connectivity index (χ1v) is 15.0. The first-order valence-electron chi connectivity index (χ1n) is 15.0. The lowest BCUT2D eigenvalue weighted by Gasteiger charge is -2.25. The molecule has 0 saturated heterocycles. The van der Waals surface area contributed by atoms with Crippen LogP contribution in [-0.2, 0) is 13.1 Å². The molecule has 0 aliphatic carbocycles. The summed E-state index contributed by atoms with van der Waals surface area (Å²) >= 11 is 0. The predicted octanol–water partition coefficient (Wildman–Crippen LogP) is 7.99. The van der Waals surface area contributed by atoms with Gasteiger partial charge in [-0.15, -0.1) is 0 Å². The molecule has 1 unspecified atom stereocenters. The van der Waals surface area contributed by atoms with Crippen LogP contribution in [0.5, 0.6) is 0 Å². The topological polar surface area (TPSA) is 14.2 Å². The van der Waals surface area contributed by atoms with Crippen molar-refractivity contribution < 1.29 is 4.90 Å². The molecular formula is C38H43N4+. The molecule has 214 valence electrons. The number of benzene rings is 5. The standard InChI is InChI=1S/C38H42N4/c1-5-41(29-31-13-9-7-10-14-31)37-25-21-35(22-26-37)39(3)33-17-19-34(20-18-33)40(4)36-23-27-38(28-24-36)42(6-2)30-32-15-11-8-12-16-32/h7-28H,5-6,29-30H2,1-4H3/p+1. The number of hydrogen-bond acceptors (Lipinski definition) is 3. The maximum atomic E-state index is 2.41. The predicted molar refractivity (Wildman–Crippen MR) is 180 cm³/mol. The molecule has 0 aliphatic heterocycles. The molecule has 0 aliphatic rings. The Bertz CT molecular complexity index is 1380. The van der Waals surface area contributed by atoms with Gasteiger partial charge in [0.25, 0.3) is 0 Å². The highest BCUT2D eigenvalue weighted by Crippen LogP contribution is 2.28. The van der Waals surface area contributed by atoms with Crippen LogP contribution in [0.2, 0.25) is 0 Å². The first-order chi connectivity index (χ1) is 20.6. The van der Waals surface area contributed by atoms with Crippen LogP contribution >= 0.6 is 0 Å². The van der Waals surface area contributed by atoms with Crippen LogP contribution in [0, 0.1) is 0 Å². The van der Waals surface area contributed by atoms with Gasteiger partial charge in [-0.3, -0.25) is 4.90 Å². The Morgan fingerprint density at radius 3 is 1.17 bits per heavy atom. The number of nitrogens with zero attached hydrogens (tertiary/aromatic N) is 3. The quantitative estimate of drug-likeness (QED) is 0.168. The normalized spacial score (nSPS) is 11.6. The van der Waals surface area contributed by atoms with Crippen LogP contribution in [-0.4, -0.2) is 27.2 Å². The molecule has 0 aromatic heterocycles. The van der Waals surface area contributed by atoms with Crippen molar-refractivity contribution in [2.24, 2.45) is 0 Å². The van der Waals surface area contributed by atoms with Crippen LogP contribution in [0.3, 0.4) is 0 Å². The fourth-order valence-corrected chi connectivity index (χ4v) is 5.44. The van der Waals surface area contributed by atoms with Crippen molar-refractivity contribution in [1.29, 1.82) is 0 Å². The summed E-state index contributed by atoms with van der Waals surface area (Å²) in [7, 11) is 4.35. The molecule has 0 heterocycles. The number of rotatable bonds is 12. The molecule has 1 N–H and O–H groups in total. The minimum absolute atomic E-state index is 0.914. The van der Waals surface area contributed by atoms with Gasteiger partial charge in [0.15, 0.2) is 0 Å². The van der Waals surface area contributed by atoms with E-state index in [0.717, 1.165) is 26.2 Å². The SMILES string of the molecule is CCN(Cc1ccccc1)c1ccc(N(C)c2ccc([NH+](C)c3ccc(N(CC)Cc4ccccc4)cc3)cc2)cc1. The molecule has 4 heteroatoms. The fraction of sp³-hybridized carbons (Fsp3) is 0.211. The van der Waals surface area contributed by atoms with Gasteiger partial charge in [-0.2, -0.15) is 0 Å². The number of nitrogens with one attached hydrogen (secondary N) is 1. The van der Waals surface area contributed by atoms with E-state index in [4.69, 9.17) is 0 Å². The zero-order chi connectivity index (χ0) is 29.3. The van der Waals surface area contributed by atoms with E-state index in [1.165, 1.54) is 50.2 Å². The van der Waals surface area contributed by atoms with Gasteiger partial charge < -0.3 is 14.7 Å². The van der Waals surface area contributed by atoms with Crippen LogP contribution in [0.25, 0.3) is 0 Å². The Hall–Kier alpha value is -4.54. The molecule has 1 atom stereocenters. The third-order valence-corrected chi connectivity index (χ3v) is 8.15. The monoisotopic (exact) mass is 555 g/mol. The Morgan fingerprint density at radius 2 is 0.786 bits per heavy atom. The summed E-state index contributed by atoms with van der Waals surface area (Å²) in [5.41, 5.74) is 10.00. The maximum Gasteiger partial charge on any atom is 0.136 e. The third-order valence-electron chi connectivity index (χ3n) is 8.15. The first kappa shape index (κ1) is 29.0. The molecule has 5 aromatic rings. The Labute approximate surface area is 252 Å². The van der Waals surface area contributed by atoms with Gasteiger partial charge in [-0.1, -0.05) is 60.7 Å². The molecule has 0 spiro atoms. The van der Waals surface area contributed by atoms with Gasteiger partial charge in [0, 0.05) is 80.2 Å². The summed E-state index contributed by atoms with van der Waals surface area (Å²) in [5, 5.41) is 0. The van der Waals surface area contributed by atoms with Crippen LogP contribution in [0.15, 0.2) is 133 Å². The average molecular weight is 556 g/mol.